The van der Waals surface area contributed by atoms with Gasteiger partial charge in [-0.2, -0.15) is 0 Å². The zero-order valence-corrected chi connectivity index (χ0v) is 8.25. The molecule has 6 nitrogen and oxygen atoms in total. The van der Waals surface area contributed by atoms with E-state index in [1.54, 1.807) is 0 Å². The van der Waals surface area contributed by atoms with E-state index < -0.39 is 17.9 Å². The lowest BCUT2D eigenvalue weighted by molar-refractivity contribution is -0.123. The number of hydrogen-bond donors (Lipinski definition) is 2. The number of amides is 2. The van der Waals surface area contributed by atoms with Crippen molar-refractivity contribution < 1.29 is 19.1 Å². The van der Waals surface area contributed by atoms with E-state index in [9.17, 15) is 14.4 Å². The Morgan fingerprint density at radius 2 is 1.75 bits per heavy atom. The molecule has 0 spiro atoms. The zero-order valence-electron chi connectivity index (χ0n) is 8.25. The Hall–Kier alpha value is -2.37. The highest BCUT2D eigenvalue weighted by atomic mass is 16.5. The quantitative estimate of drug-likeness (QED) is 0.547. The summed E-state index contributed by atoms with van der Waals surface area (Å²) in [4.78, 5) is 31.9. The van der Waals surface area contributed by atoms with Crippen LogP contribution in [0.4, 0.5) is 4.79 Å². The predicted molar refractivity (Wildman–Crippen MR) is 54.7 cm³/mol. The second kappa shape index (κ2) is 4.92. The number of benzene rings is 1. The van der Waals surface area contributed by atoms with Gasteiger partial charge in [0.1, 0.15) is 18.0 Å². The fraction of sp³-hybridized carbons (Fsp3) is 0.100. The Labute approximate surface area is 91.2 Å². The molecule has 0 saturated carbocycles. The number of aldehydes is 1. The summed E-state index contributed by atoms with van der Waals surface area (Å²) in [7, 11) is 0. The molecule has 1 aromatic carbocycles. The SMILES string of the molecule is NC(=O)Oc1ccc(C(C=O)C(N)=O)cc1. The molecular formula is C10H10N2O4. The van der Waals surface area contributed by atoms with Crippen molar-refractivity contribution in [3.8, 4) is 5.75 Å². The summed E-state index contributed by atoms with van der Waals surface area (Å²) in [6, 6.07) is 5.75. The molecule has 1 aromatic rings. The molecule has 6 heteroatoms. The van der Waals surface area contributed by atoms with Gasteiger partial charge in [-0.25, -0.2) is 4.79 Å². The topological polar surface area (TPSA) is 112 Å². The summed E-state index contributed by atoms with van der Waals surface area (Å²) in [6.07, 6.45) is -0.485. The fourth-order valence-corrected chi connectivity index (χ4v) is 1.17. The third-order valence-corrected chi connectivity index (χ3v) is 1.90. The van der Waals surface area contributed by atoms with Crippen LogP contribution >= 0.6 is 0 Å². The number of carbonyl (C=O) groups excluding carboxylic acids is 3. The first-order valence-electron chi connectivity index (χ1n) is 4.36. The summed E-state index contributed by atoms with van der Waals surface area (Å²) >= 11 is 0. The number of primary amides is 2. The number of rotatable bonds is 4. The van der Waals surface area contributed by atoms with E-state index >= 15 is 0 Å². The minimum Gasteiger partial charge on any atom is -0.411 e. The molecule has 16 heavy (non-hydrogen) atoms. The molecule has 0 aliphatic carbocycles. The first kappa shape index (κ1) is 11.7. The average molecular weight is 222 g/mol. The van der Waals surface area contributed by atoms with E-state index in [-0.39, 0.29) is 5.75 Å². The summed E-state index contributed by atoms with van der Waals surface area (Å²) in [5, 5.41) is 0. The summed E-state index contributed by atoms with van der Waals surface area (Å²) in [6.45, 7) is 0. The smallest absolute Gasteiger partial charge is 0.409 e. The maximum atomic E-state index is 10.9. The summed E-state index contributed by atoms with van der Waals surface area (Å²) in [5.41, 5.74) is 10.3. The molecule has 0 aliphatic heterocycles. The van der Waals surface area contributed by atoms with Gasteiger partial charge < -0.3 is 21.0 Å². The van der Waals surface area contributed by atoms with Gasteiger partial charge in [0.25, 0.3) is 0 Å². The van der Waals surface area contributed by atoms with Crippen molar-refractivity contribution in [2.24, 2.45) is 11.5 Å². The molecule has 1 rings (SSSR count). The number of ether oxygens (including phenoxy) is 1. The molecule has 84 valence electrons. The van der Waals surface area contributed by atoms with Crippen LogP contribution in [0.2, 0.25) is 0 Å². The maximum absolute atomic E-state index is 10.9. The molecule has 0 aromatic heterocycles. The lowest BCUT2D eigenvalue weighted by Crippen LogP contribution is -2.22. The van der Waals surface area contributed by atoms with Crippen molar-refractivity contribution in [3.05, 3.63) is 29.8 Å². The van der Waals surface area contributed by atoms with Crippen molar-refractivity contribution in [2.75, 3.05) is 0 Å². The van der Waals surface area contributed by atoms with Crippen molar-refractivity contribution in [1.29, 1.82) is 0 Å². The summed E-state index contributed by atoms with van der Waals surface area (Å²) < 4.78 is 4.58. The third kappa shape index (κ3) is 2.81. The minimum atomic E-state index is -0.998. The Balaban J connectivity index is 2.89. The first-order valence-corrected chi connectivity index (χ1v) is 4.36. The normalized spacial score (nSPS) is 11.5. The second-order valence-corrected chi connectivity index (χ2v) is 3.01. The van der Waals surface area contributed by atoms with E-state index in [0.717, 1.165) is 0 Å². The molecular weight excluding hydrogens is 212 g/mol. The van der Waals surface area contributed by atoms with Crippen LogP contribution in [0.5, 0.6) is 5.75 Å². The zero-order chi connectivity index (χ0) is 12.1. The van der Waals surface area contributed by atoms with Crippen LogP contribution in [-0.2, 0) is 9.59 Å². The van der Waals surface area contributed by atoms with Crippen molar-refractivity contribution in [1.82, 2.24) is 0 Å². The highest BCUT2D eigenvalue weighted by Crippen LogP contribution is 2.18. The van der Waals surface area contributed by atoms with Crippen LogP contribution in [0.25, 0.3) is 0 Å². The minimum absolute atomic E-state index is 0.227. The Kier molecular flexibility index (Phi) is 3.60. The molecule has 2 amide bonds. The van der Waals surface area contributed by atoms with Gasteiger partial charge in [0.2, 0.25) is 5.91 Å². The van der Waals surface area contributed by atoms with E-state index in [1.165, 1.54) is 24.3 Å². The van der Waals surface area contributed by atoms with Crippen LogP contribution in [0.3, 0.4) is 0 Å². The van der Waals surface area contributed by atoms with Gasteiger partial charge in [-0.15, -0.1) is 0 Å². The number of carbonyl (C=O) groups is 3. The molecule has 1 unspecified atom stereocenters. The molecule has 0 bridgehead atoms. The number of hydrogen-bond acceptors (Lipinski definition) is 4. The van der Waals surface area contributed by atoms with Gasteiger partial charge in [-0.05, 0) is 17.7 Å². The van der Waals surface area contributed by atoms with Crippen molar-refractivity contribution >= 4 is 18.3 Å². The Morgan fingerprint density at radius 3 is 2.12 bits per heavy atom. The molecule has 0 radical (unpaired) electrons. The highest BCUT2D eigenvalue weighted by Gasteiger charge is 2.16. The predicted octanol–water partition coefficient (Wildman–Crippen LogP) is -0.0881. The Morgan fingerprint density at radius 1 is 1.19 bits per heavy atom. The van der Waals surface area contributed by atoms with Crippen LogP contribution < -0.4 is 16.2 Å². The van der Waals surface area contributed by atoms with Crippen LogP contribution in [0, 0.1) is 0 Å². The molecule has 1 atom stereocenters. The first-order chi connectivity index (χ1) is 7.54. The molecule has 0 saturated heterocycles. The van der Waals surface area contributed by atoms with Gasteiger partial charge in [0.15, 0.2) is 0 Å². The van der Waals surface area contributed by atoms with Gasteiger partial charge in [0, 0.05) is 0 Å². The van der Waals surface area contributed by atoms with Gasteiger partial charge >= 0.3 is 6.09 Å². The average Bonchev–Trinajstić information content (AvgIpc) is 2.20. The monoisotopic (exact) mass is 222 g/mol. The fourth-order valence-electron chi connectivity index (χ4n) is 1.17. The van der Waals surface area contributed by atoms with Crippen molar-refractivity contribution in [3.63, 3.8) is 0 Å². The lowest BCUT2D eigenvalue weighted by atomic mass is 10.0. The van der Waals surface area contributed by atoms with Gasteiger partial charge in [0.05, 0.1) is 0 Å². The maximum Gasteiger partial charge on any atom is 0.409 e. The van der Waals surface area contributed by atoms with E-state index in [0.29, 0.717) is 11.8 Å². The molecule has 0 heterocycles. The van der Waals surface area contributed by atoms with Gasteiger partial charge in [-0.3, -0.25) is 4.79 Å². The molecule has 0 aliphatic rings. The molecule has 0 fully saturated rings. The standard InChI is InChI=1S/C10H10N2O4/c11-9(14)8(5-13)6-1-3-7(4-2-6)16-10(12)15/h1-5,8H,(H2,11,14)(H2,12,15). The van der Waals surface area contributed by atoms with Crippen molar-refractivity contribution in [2.45, 2.75) is 5.92 Å². The third-order valence-electron chi connectivity index (χ3n) is 1.90. The van der Waals surface area contributed by atoms with E-state index in [2.05, 4.69) is 4.74 Å². The summed E-state index contributed by atoms with van der Waals surface area (Å²) in [5.74, 6) is -1.51. The largest absolute Gasteiger partial charge is 0.411 e. The Bertz CT molecular complexity index is 413. The lowest BCUT2D eigenvalue weighted by Gasteiger charge is -2.07. The number of nitrogens with two attached hydrogens (primary N) is 2. The van der Waals surface area contributed by atoms with Crippen LogP contribution in [0.15, 0.2) is 24.3 Å². The van der Waals surface area contributed by atoms with Gasteiger partial charge in [-0.1, -0.05) is 12.1 Å². The van der Waals surface area contributed by atoms with E-state index in [4.69, 9.17) is 11.5 Å². The molecule has 4 N–H and O–H groups in total. The van der Waals surface area contributed by atoms with E-state index in [1.807, 2.05) is 0 Å². The highest BCUT2D eigenvalue weighted by molar-refractivity contribution is 5.96. The van der Waals surface area contributed by atoms with Crippen LogP contribution in [0.1, 0.15) is 11.5 Å². The second-order valence-electron chi connectivity index (χ2n) is 3.01. The van der Waals surface area contributed by atoms with Crippen LogP contribution in [-0.4, -0.2) is 18.3 Å².